The molecule has 2 aromatic carbocycles. The van der Waals surface area contributed by atoms with Gasteiger partial charge in [-0.25, -0.2) is 0 Å². The minimum Gasteiger partial charge on any atom is -0.387 e. The van der Waals surface area contributed by atoms with Gasteiger partial charge in [0.25, 0.3) is 0 Å². The topological polar surface area (TPSA) is 70.1 Å². The fourth-order valence-corrected chi connectivity index (χ4v) is 2.77. The van der Waals surface area contributed by atoms with E-state index in [-0.39, 0.29) is 10.4 Å². The molecule has 2 aromatic rings. The summed E-state index contributed by atoms with van der Waals surface area (Å²) in [5, 5.41) is 17.7. The predicted molar refractivity (Wildman–Crippen MR) is 80.1 cm³/mol. The van der Waals surface area contributed by atoms with E-state index in [0.717, 1.165) is 11.1 Å². The average molecular weight is 272 g/mol. The van der Waals surface area contributed by atoms with Gasteiger partial charge in [0.2, 0.25) is 0 Å². The van der Waals surface area contributed by atoms with Crippen LogP contribution >= 0.6 is 11.8 Å². The number of amidine groups is 1. The molecule has 0 radical (unpaired) electrons. The molecule has 0 amide bonds. The lowest BCUT2D eigenvalue weighted by molar-refractivity contribution is 0.175. The van der Waals surface area contributed by atoms with Gasteiger partial charge in [-0.2, -0.15) is 0 Å². The number of thioether (sulfide) groups is 1. The van der Waals surface area contributed by atoms with E-state index in [4.69, 9.17) is 11.1 Å². The summed E-state index contributed by atoms with van der Waals surface area (Å²) in [6.45, 7) is 0. The Bertz CT molecular complexity index is 530. The third-order valence-electron chi connectivity index (χ3n) is 2.81. The van der Waals surface area contributed by atoms with Crippen LogP contribution in [0.4, 0.5) is 0 Å². The van der Waals surface area contributed by atoms with Gasteiger partial charge in [-0.3, -0.25) is 5.41 Å². The highest BCUT2D eigenvalue weighted by atomic mass is 32.2. The Balaban J connectivity index is 2.30. The minimum absolute atomic E-state index is 0.00355. The van der Waals surface area contributed by atoms with Crippen LogP contribution in [-0.4, -0.2) is 10.3 Å². The van der Waals surface area contributed by atoms with E-state index in [9.17, 15) is 5.11 Å². The average Bonchev–Trinajstić information content (AvgIpc) is 2.46. The Morgan fingerprint density at radius 2 is 1.42 bits per heavy atom. The molecular formula is C15H16N2OS. The first-order chi connectivity index (χ1) is 9.18. The summed E-state index contributed by atoms with van der Waals surface area (Å²) in [5.74, 6) is 0. The van der Waals surface area contributed by atoms with Crippen LogP contribution in [0.15, 0.2) is 60.7 Å². The number of rotatable bonds is 4. The summed E-state index contributed by atoms with van der Waals surface area (Å²) in [6, 6.07) is 19.1. The Hall–Kier alpha value is -1.78. The molecule has 0 aromatic heterocycles. The molecule has 0 fully saturated rings. The Labute approximate surface area is 117 Å². The Morgan fingerprint density at radius 1 is 0.947 bits per heavy atom. The normalized spacial score (nSPS) is 13.7. The largest absolute Gasteiger partial charge is 0.387 e. The third-order valence-corrected chi connectivity index (χ3v) is 3.85. The molecule has 2 atom stereocenters. The molecular weight excluding hydrogens is 256 g/mol. The molecule has 0 spiro atoms. The molecule has 4 N–H and O–H groups in total. The standard InChI is InChI=1S/C15H16N2OS/c16-15(17)19-14(12-9-5-2-6-10-12)13(18)11-7-3-1-4-8-11/h1-10,13-14,18H,(H3,16,17). The van der Waals surface area contributed by atoms with E-state index in [0.29, 0.717) is 0 Å². The van der Waals surface area contributed by atoms with Crippen molar-refractivity contribution >= 4 is 16.9 Å². The number of nitrogens with two attached hydrogens (primary N) is 1. The summed E-state index contributed by atoms with van der Waals surface area (Å²) in [7, 11) is 0. The zero-order valence-electron chi connectivity index (χ0n) is 10.4. The second-order valence-electron chi connectivity index (χ2n) is 4.17. The van der Waals surface area contributed by atoms with Crippen LogP contribution in [0.5, 0.6) is 0 Å². The van der Waals surface area contributed by atoms with Crippen molar-refractivity contribution in [1.29, 1.82) is 5.41 Å². The van der Waals surface area contributed by atoms with Crippen LogP contribution < -0.4 is 5.73 Å². The molecule has 0 heterocycles. The lowest BCUT2D eigenvalue weighted by Gasteiger charge is -2.22. The number of nitrogens with one attached hydrogen (secondary N) is 1. The molecule has 19 heavy (non-hydrogen) atoms. The van der Waals surface area contributed by atoms with Crippen molar-refractivity contribution in [3.05, 3.63) is 71.8 Å². The van der Waals surface area contributed by atoms with Gasteiger partial charge in [-0.15, -0.1) is 0 Å². The molecule has 2 rings (SSSR count). The second kappa shape index (κ2) is 6.41. The molecule has 98 valence electrons. The monoisotopic (exact) mass is 272 g/mol. The molecule has 0 saturated heterocycles. The van der Waals surface area contributed by atoms with Gasteiger partial charge in [-0.05, 0) is 11.1 Å². The van der Waals surface area contributed by atoms with E-state index in [1.54, 1.807) is 0 Å². The molecule has 0 aliphatic rings. The summed E-state index contributed by atoms with van der Waals surface area (Å²) in [5.41, 5.74) is 7.26. The zero-order valence-corrected chi connectivity index (χ0v) is 11.2. The van der Waals surface area contributed by atoms with Gasteiger partial charge in [0.15, 0.2) is 5.17 Å². The molecule has 3 nitrogen and oxygen atoms in total. The lowest BCUT2D eigenvalue weighted by atomic mass is 10.0. The van der Waals surface area contributed by atoms with Gasteiger partial charge in [0, 0.05) is 0 Å². The first kappa shape index (κ1) is 13.6. The maximum atomic E-state index is 10.5. The van der Waals surface area contributed by atoms with E-state index in [1.807, 2.05) is 60.7 Å². The van der Waals surface area contributed by atoms with Crippen molar-refractivity contribution in [1.82, 2.24) is 0 Å². The number of hydrogen-bond acceptors (Lipinski definition) is 3. The van der Waals surface area contributed by atoms with Gasteiger partial charge < -0.3 is 10.8 Å². The summed E-state index contributed by atoms with van der Waals surface area (Å²) in [4.78, 5) is 0. The maximum Gasteiger partial charge on any atom is 0.151 e. The van der Waals surface area contributed by atoms with E-state index >= 15 is 0 Å². The highest BCUT2D eigenvalue weighted by molar-refractivity contribution is 8.13. The lowest BCUT2D eigenvalue weighted by Crippen LogP contribution is -2.14. The van der Waals surface area contributed by atoms with Gasteiger partial charge in [-0.1, -0.05) is 72.4 Å². The number of aliphatic hydroxyl groups excluding tert-OH is 1. The minimum atomic E-state index is -0.697. The van der Waals surface area contributed by atoms with Crippen molar-refractivity contribution in [2.75, 3.05) is 0 Å². The first-order valence-corrected chi connectivity index (χ1v) is 6.85. The molecule has 4 heteroatoms. The quantitative estimate of drug-likeness (QED) is 0.591. The molecule has 0 saturated carbocycles. The van der Waals surface area contributed by atoms with Crippen molar-refractivity contribution in [2.24, 2.45) is 5.73 Å². The molecule has 0 aliphatic heterocycles. The summed E-state index contributed by atoms with van der Waals surface area (Å²) < 4.78 is 0. The Morgan fingerprint density at radius 3 is 1.89 bits per heavy atom. The predicted octanol–water partition coefficient (Wildman–Crippen LogP) is 3.09. The third kappa shape index (κ3) is 3.59. The van der Waals surface area contributed by atoms with Gasteiger partial charge in [0.05, 0.1) is 11.4 Å². The first-order valence-electron chi connectivity index (χ1n) is 5.97. The van der Waals surface area contributed by atoms with Crippen LogP contribution in [0.25, 0.3) is 0 Å². The van der Waals surface area contributed by atoms with Crippen LogP contribution in [0, 0.1) is 5.41 Å². The van der Waals surface area contributed by atoms with Crippen LogP contribution in [-0.2, 0) is 0 Å². The zero-order chi connectivity index (χ0) is 13.7. The fourth-order valence-electron chi connectivity index (χ4n) is 1.92. The molecule has 2 unspecified atom stereocenters. The van der Waals surface area contributed by atoms with Crippen molar-refractivity contribution in [2.45, 2.75) is 11.4 Å². The Kier molecular flexibility index (Phi) is 4.60. The van der Waals surface area contributed by atoms with Crippen LogP contribution in [0.3, 0.4) is 0 Å². The van der Waals surface area contributed by atoms with Crippen molar-refractivity contribution in [3.63, 3.8) is 0 Å². The number of benzene rings is 2. The van der Waals surface area contributed by atoms with Crippen LogP contribution in [0.2, 0.25) is 0 Å². The highest BCUT2D eigenvalue weighted by Crippen LogP contribution is 2.39. The van der Waals surface area contributed by atoms with E-state index in [1.165, 1.54) is 11.8 Å². The van der Waals surface area contributed by atoms with Crippen LogP contribution in [0.1, 0.15) is 22.5 Å². The summed E-state index contributed by atoms with van der Waals surface area (Å²) >= 11 is 1.17. The molecule has 0 aliphatic carbocycles. The van der Waals surface area contributed by atoms with Gasteiger partial charge >= 0.3 is 0 Å². The number of hydrogen-bond donors (Lipinski definition) is 3. The van der Waals surface area contributed by atoms with Gasteiger partial charge in [0.1, 0.15) is 0 Å². The fraction of sp³-hybridized carbons (Fsp3) is 0.133. The van der Waals surface area contributed by atoms with Crippen molar-refractivity contribution in [3.8, 4) is 0 Å². The SMILES string of the molecule is N=C(N)SC(c1ccccc1)C(O)c1ccccc1. The smallest absolute Gasteiger partial charge is 0.151 e. The van der Waals surface area contributed by atoms with E-state index in [2.05, 4.69) is 0 Å². The highest BCUT2D eigenvalue weighted by Gasteiger charge is 2.24. The second-order valence-corrected chi connectivity index (χ2v) is 5.35. The maximum absolute atomic E-state index is 10.5. The summed E-state index contributed by atoms with van der Waals surface area (Å²) in [6.07, 6.45) is -0.697. The van der Waals surface area contributed by atoms with Crippen molar-refractivity contribution < 1.29 is 5.11 Å². The molecule has 0 bridgehead atoms. The van der Waals surface area contributed by atoms with E-state index < -0.39 is 6.10 Å². The number of aliphatic hydroxyl groups is 1.